The zero-order chi connectivity index (χ0) is 13.1. The quantitative estimate of drug-likeness (QED) is 0.896. The number of aryl methyl sites for hydroxylation is 1. The summed E-state index contributed by atoms with van der Waals surface area (Å²) in [6, 6.07) is 6.37. The highest BCUT2D eigenvalue weighted by Crippen LogP contribution is 2.29. The maximum Gasteiger partial charge on any atom is 0.0414 e. The van der Waals surface area contributed by atoms with E-state index in [0.29, 0.717) is 18.1 Å². The van der Waals surface area contributed by atoms with Crippen molar-refractivity contribution in [2.45, 2.75) is 58.7 Å². The number of rotatable bonds is 4. The van der Waals surface area contributed by atoms with Crippen molar-refractivity contribution in [2.75, 3.05) is 13.1 Å². The van der Waals surface area contributed by atoms with E-state index < -0.39 is 0 Å². The molecule has 0 saturated carbocycles. The van der Waals surface area contributed by atoms with Crippen molar-refractivity contribution in [3.05, 3.63) is 21.9 Å². The minimum absolute atomic E-state index is 0.570. The molecule has 0 bridgehead atoms. The Hall–Kier alpha value is -0.380. The normalized spacial score (nSPS) is 23.5. The summed E-state index contributed by atoms with van der Waals surface area (Å²) in [5.74, 6) is 0. The molecule has 1 aromatic heterocycles. The van der Waals surface area contributed by atoms with Crippen LogP contribution < -0.4 is 5.32 Å². The number of likely N-dealkylation sites (tertiary alicyclic amines) is 1. The number of hydrogen-bond acceptors (Lipinski definition) is 3. The lowest BCUT2D eigenvalue weighted by atomic mass is 10.0. The van der Waals surface area contributed by atoms with E-state index in [1.54, 1.807) is 0 Å². The van der Waals surface area contributed by atoms with Crippen LogP contribution in [0.1, 0.15) is 49.4 Å². The van der Waals surface area contributed by atoms with E-state index in [9.17, 15) is 0 Å². The Balaban J connectivity index is 1.95. The van der Waals surface area contributed by atoms with E-state index >= 15 is 0 Å². The second-order valence-electron chi connectivity index (χ2n) is 5.78. The van der Waals surface area contributed by atoms with Crippen LogP contribution in [-0.2, 0) is 0 Å². The molecule has 1 saturated heterocycles. The molecule has 0 amide bonds. The van der Waals surface area contributed by atoms with Gasteiger partial charge in [-0.3, -0.25) is 4.90 Å². The van der Waals surface area contributed by atoms with Crippen molar-refractivity contribution in [3.8, 4) is 0 Å². The van der Waals surface area contributed by atoms with Crippen LogP contribution in [0.4, 0.5) is 0 Å². The Kier molecular flexibility index (Phi) is 4.82. The minimum atomic E-state index is 0.570. The highest BCUT2D eigenvalue weighted by molar-refractivity contribution is 7.12. The van der Waals surface area contributed by atoms with Crippen molar-refractivity contribution in [1.82, 2.24) is 10.2 Å². The molecule has 1 aliphatic rings. The van der Waals surface area contributed by atoms with Gasteiger partial charge in [0, 0.05) is 34.4 Å². The predicted molar refractivity (Wildman–Crippen MR) is 80.3 cm³/mol. The van der Waals surface area contributed by atoms with Gasteiger partial charge in [0.25, 0.3) is 0 Å². The van der Waals surface area contributed by atoms with Crippen LogP contribution >= 0.6 is 11.3 Å². The molecular weight excluding hydrogens is 240 g/mol. The highest BCUT2D eigenvalue weighted by Gasteiger charge is 2.25. The Morgan fingerprint density at radius 1 is 1.33 bits per heavy atom. The van der Waals surface area contributed by atoms with Gasteiger partial charge < -0.3 is 5.32 Å². The average Bonchev–Trinajstić information content (AvgIpc) is 2.74. The fraction of sp³-hybridized carbons (Fsp3) is 0.733. The number of piperidine rings is 1. The first-order chi connectivity index (χ1) is 8.56. The Bertz CT molecular complexity index is 372. The fourth-order valence-corrected chi connectivity index (χ4v) is 3.79. The van der Waals surface area contributed by atoms with Crippen LogP contribution in [0.5, 0.6) is 0 Å². The molecule has 1 aliphatic heterocycles. The number of nitrogens with zero attached hydrogens (tertiary/aromatic N) is 1. The lowest BCUT2D eigenvalue weighted by Crippen LogP contribution is -2.48. The third kappa shape index (κ3) is 3.56. The lowest BCUT2D eigenvalue weighted by molar-refractivity contribution is 0.144. The summed E-state index contributed by atoms with van der Waals surface area (Å²) in [5.41, 5.74) is 0. The van der Waals surface area contributed by atoms with E-state index in [-0.39, 0.29) is 0 Å². The minimum Gasteiger partial charge on any atom is -0.311 e. The van der Waals surface area contributed by atoms with Crippen LogP contribution in [0.2, 0.25) is 0 Å². The summed E-state index contributed by atoms with van der Waals surface area (Å²) in [6.45, 7) is 11.5. The molecule has 0 aliphatic carbocycles. The van der Waals surface area contributed by atoms with Crippen LogP contribution in [-0.4, -0.2) is 30.1 Å². The van der Waals surface area contributed by atoms with Gasteiger partial charge in [0.2, 0.25) is 0 Å². The van der Waals surface area contributed by atoms with Gasteiger partial charge >= 0.3 is 0 Å². The van der Waals surface area contributed by atoms with Crippen molar-refractivity contribution in [2.24, 2.45) is 0 Å². The molecule has 2 nitrogen and oxygen atoms in total. The second-order valence-corrected chi connectivity index (χ2v) is 7.10. The van der Waals surface area contributed by atoms with E-state index in [1.165, 1.54) is 35.7 Å². The molecule has 1 N–H and O–H groups in total. The van der Waals surface area contributed by atoms with E-state index in [4.69, 9.17) is 0 Å². The molecule has 1 aromatic rings. The van der Waals surface area contributed by atoms with E-state index in [2.05, 4.69) is 50.0 Å². The van der Waals surface area contributed by atoms with Gasteiger partial charge in [0.15, 0.2) is 0 Å². The summed E-state index contributed by atoms with van der Waals surface area (Å²) in [4.78, 5) is 5.57. The third-order valence-electron chi connectivity index (χ3n) is 3.74. The smallest absolute Gasteiger partial charge is 0.0414 e. The molecular formula is C15H26N2S. The largest absolute Gasteiger partial charge is 0.311 e. The van der Waals surface area contributed by atoms with Crippen molar-refractivity contribution in [1.29, 1.82) is 0 Å². The Labute approximate surface area is 115 Å². The standard InChI is InChI=1S/C15H26N2S/c1-11(2)16-14-6-5-9-17(10-14)13(4)15-8-7-12(3)18-15/h7-8,11,13-14,16H,5-6,9-10H2,1-4H3. The third-order valence-corrected chi connectivity index (χ3v) is 4.91. The van der Waals surface area contributed by atoms with Crippen molar-refractivity contribution < 1.29 is 0 Å². The van der Waals surface area contributed by atoms with Gasteiger partial charge in [-0.15, -0.1) is 11.3 Å². The zero-order valence-electron chi connectivity index (χ0n) is 12.1. The van der Waals surface area contributed by atoms with Crippen molar-refractivity contribution in [3.63, 3.8) is 0 Å². The van der Waals surface area contributed by atoms with Gasteiger partial charge in [0.1, 0.15) is 0 Å². The highest BCUT2D eigenvalue weighted by atomic mass is 32.1. The first kappa shape index (κ1) is 14.0. The van der Waals surface area contributed by atoms with Gasteiger partial charge in [0.05, 0.1) is 0 Å². The second kappa shape index (κ2) is 6.18. The molecule has 1 fully saturated rings. The summed E-state index contributed by atoms with van der Waals surface area (Å²) in [6.07, 6.45) is 2.64. The van der Waals surface area contributed by atoms with E-state index in [0.717, 1.165) is 0 Å². The summed E-state index contributed by atoms with van der Waals surface area (Å²) >= 11 is 1.94. The number of thiophene rings is 1. The number of hydrogen-bond donors (Lipinski definition) is 1. The van der Waals surface area contributed by atoms with E-state index in [1.807, 2.05) is 11.3 Å². The Morgan fingerprint density at radius 2 is 2.11 bits per heavy atom. The molecule has 0 spiro atoms. The topological polar surface area (TPSA) is 15.3 Å². The Morgan fingerprint density at radius 3 is 2.72 bits per heavy atom. The van der Waals surface area contributed by atoms with Crippen LogP contribution in [0, 0.1) is 6.92 Å². The van der Waals surface area contributed by atoms with Crippen LogP contribution in [0.25, 0.3) is 0 Å². The molecule has 2 heterocycles. The van der Waals surface area contributed by atoms with Crippen LogP contribution in [0.3, 0.4) is 0 Å². The average molecular weight is 266 g/mol. The summed E-state index contributed by atoms with van der Waals surface area (Å²) in [5, 5.41) is 3.68. The monoisotopic (exact) mass is 266 g/mol. The molecule has 2 rings (SSSR count). The molecule has 102 valence electrons. The summed E-state index contributed by atoms with van der Waals surface area (Å²) < 4.78 is 0. The van der Waals surface area contributed by atoms with Gasteiger partial charge in [-0.2, -0.15) is 0 Å². The van der Waals surface area contributed by atoms with Crippen LogP contribution in [0.15, 0.2) is 12.1 Å². The molecule has 0 aromatic carbocycles. The summed E-state index contributed by atoms with van der Waals surface area (Å²) in [7, 11) is 0. The van der Waals surface area contributed by atoms with Gasteiger partial charge in [-0.25, -0.2) is 0 Å². The van der Waals surface area contributed by atoms with Crippen molar-refractivity contribution >= 4 is 11.3 Å². The maximum absolute atomic E-state index is 3.68. The van der Waals surface area contributed by atoms with Gasteiger partial charge in [-0.1, -0.05) is 13.8 Å². The zero-order valence-corrected chi connectivity index (χ0v) is 12.9. The molecule has 0 radical (unpaired) electrons. The lowest BCUT2D eigenvalue weighted by Gasteiger charge is -2.37. The SMILES string of the molecule is Cc1ccc(C(C)N2CCCC(NC(C)C)C2)s1. The van der Waals surface area contributed by atoms with Gasteiger partial charge in [-0.05, 0) is 45.4 Å². The maximum atomic E-state index is 3.68. The first-order valence-corrected chi connectivity index (χ1v) is 7.94. The molecule has 18 heavy (non-hydrogen) atoms. The molecule has 2 unspecified atom stereocenters. The fourth-order valence-electron chi connectivity index (χ4n) is 2.82. The first-order valence-electron chi connectivity index (χ1n) is 7.12. The molecule has 2 atom stereocenters. The predicted octanol–water partition coefficient (Wildman–Crippen LogP) is 3.58. The molecule has 3 heteroatoms. The number of nitrogens with one attached hydrogen (secondary N) is 1.